The number of nitrogens with zero attached hydrogens (tertiary/aromatic N) is 1. The lowest BCUT2D eigenvalue weighted by Crippen LogP contribution is -2.42. The maximum absolute atomic E-state index is 12.3. The van der Waals surface area contributed by atoms with E-state index in [1.807, 2.05) is 25.8 Å². The van der Waals surface area contributed by atoms with Crippen LogP contribution in [0.15, 0.2) is 0 Å². The molecule has 3 unspecified atom stereocenters. The summed E-state index contributed by atoms with van der Waals surface area (Å²) in [5.74, 6) is 4.47. The van der Waals surface area contributed by atoms with Gasteiger partial charge < -0.3 is 5.32 Å². The third kappa shape index (κ3) is 6.65. The van der Waals surface area contributed by atoms with Crippen LogP contribution in [0.25, 0.3) is 0 Å². The quantitative estimate of drug-likeness (QED) is 0.591. The van der Waals surface area contributed by atoms with Gasteiger partial charge in [0.2, 0.25) is 5.91 Å². The molecule has 4 heteroatoms. The molecule has 24 heavy (non-hydrogen) atoms. The summed E-state index contributed by atoms with van der Waals surface area (Å²) in [5, 5.41) is 3.02. The molecule has 1 aliphatic rings. The van der Waals surface area contributed by atoms with Crippen molar-refractivity contribution in [1.29, 1.82) is 0 Å². The Kier molecular flexibility index (Phi) is 7.96. The van der Waals surface area contributed by atoms with Gasteiger partial charge in [0.1, 0.15) is 5.78 Å². The van der Waals surface area contributed by atoms with Crippen LogP contribution in [0.4, 0.5) is 0 Å². The van der Waals surface area contributed by atoms with Crippen LogP contribution in [0.1, 0.15) is 53.4 Å². The Morgan fingerprint density at radius 3 is 2.58 bits per heavy atom. The second-order valence-corrected chi connectivity index (χ2v) is 8.13. The van der Waals surface area contributed by atoms with Crippen LogP contribution in [0.5, 0.6) is 0 Å². The number of likely N-dealkylation sites (N-methyl/N-ethyl adjacent to an activating group) is 1. The van der Waals surface area contributed by atoms with Crippen LogP contribution >= 0.6 is 0 Å². The molecule has 4 nitrogen and oxygen atoms in total. The summed E-state index contributed by atoms with van der Waals surface area (Å²) in [7, 11) is 1.92. The van der Waals surface area contributed by atoms with E-state index in [1.54, 1.807) is 0 Å². The minimum atomic E-state index is -0.291. The van der Waals surface area contributed by atoms with Crippen molar-refractivity contribution in [3.8, 4) is 12.3 Å². The molecule has 1 saturated carbocycles. The second-order valence-electron chi connectivity index (χ2n) is 8.13. The Bertz CT molecular complexity index is 479. The molecule has 1 rings (SSSR count). The fourth-order valence-electron chi connectivity index (χ4n) is 3.35. The topological polar surface area (TPSA) is 49.4 Å². The van der Waals surface area contributed by atoms with Gasteiger partial charge in [-0.3, -0.25) is 14.5 Å². The van der Waals surface area contributed by atoms with Gasteiger partial charge in [0.25, 0.3) is 0 Å². The standard InChI is InChI=1S/C20H34N2O2/c1-7-8-9-15(2)12-17(23)14-22(6)11-10-21-19(24)20(4,5)18-13-16(18)3/h1,15-16,18H,8-14H2,2-6H3,(H,21,24). The van der Waals surface area contributed by atoms with Crippen molar-refractivity contribution in [3.63, 3.8) is 0 Å². The summed E-state index contributed by atoms with van der Waals surface area (Å²) < 4.78 is 0. The molecule has 0 radical (unpaired) electrons. The molecule has 1 N–H and O–H groups in total. The van der Waals surface area contributed by atoms with Crippen LogP contribution in [-0.2, 0) is 9.59 Å². The first-order valence-electron chi connectivity index (χ1n) is 9.10. The highest BCUT2D eigenvalue weighted by atomic mass is 16.2. The molecular weight excluding hydrogens is 300 g/mol. The second kappa shape index (κ2) is 9.22. The Morgan fingerprint density at radius 2 is 2.04 bits per heavy atom. The van der Waals surface area contributed by atoms with Crippen molar-refractivity contribution in [2.75, 3.05) is 26.7 Å². The van der Waals surface area contributed by atoms with E-state index in [0.29, 0.717) is 43.8 Å². The molecule has 0 heterocycles. The Labute approximate surface area is 147 Å². The number of terminal acetylenes is 1. The lowest BCUT2D eigenvalue weighted by Gasteiger charge is -2.25. The van der Waals surface area contributed by atoms with E-state index in [1.165, 1.54) is 0 Å². The van der Waals surface area contributed by atoms with Gasteiger partial charge in [0.15, 0.2) is 0 Å². The number of ketones is 1. The molecule has 0 aromatic rings. The van der Waals surface area contributed by atoms with Gasteiger partial charge in [-0.25, -0.2) is 0 Å². The first-order valence-corrected chi connectivity index (χ1v) is 9.10. The lowest BCUT2D eigenvalue weighted by atomic mass is 9.85. The highest BCUT2D eigenvalue weighted by molar-refractivity contribution is 5.82. The maximum atomic E-state index is 12.3. The van der Waals surface area contributed by atoms with Gasteiger partial charge in [-0.15, -0.1) is 12.3 Å². The van der Waals surface area contributed by atoms with Crippen molar-refractivity contribution in [3.05, 3.63) is 0 Å². The van der Waals surface area contributed by atoms with E-state index in [2.05, 4.69) is 25.1 Å². The molecule has 0 saturated heterocycles. The van der Waals surface area contributed by atoms with Gasteiger partial charge in [0, 0.05) is 31.3 Å². The summed E-state index contributed by atoms with van der Waals surface area (Å²) in [6, 6.07) is 0. The van der Waals surface area contributed by atoms with Crippen LogP contribution in [0.3, 0.4) is 0 Å². The van der Waals surface area contributed by atoms with Gasteiger partial charge in [-0.2, -0.15) is 0 Å². The zero-order valence-corrected chi connectivity index (χ0v) is 16.0. The van der Waals surface area contributed by atoms with Gasteiger partial charge >= 0.3 is 0 Å². The number of Topliss-reactive ketones (excluding diaryl/α,β-unsaturated/α-hetero) is 1. The normalized spacial score (nSPS) is 21.2. The number of carbonyl (C=O) groups is 2. The number of amides is 1. The smallest absolute Gasteiger partial charge is 0.225 e. The molecule has 1 amide bonds. The molecular formula is C20H34N2O2. The van der Waals surface area contributed by atoms with E-state index in [4.69, 9.17) is 6.42 Å². The Balaban J connectivity index is 2.21. The predicted molar refractivity (Wildman–Crippen MR) is 98.4 cm³/mol. The van der Waals surface area contributed by atoms with Crippen molar-refractivity contribution in [2.45, 2.75) is 53.4 Å². The van der Waals surface area contributed by atoms with Crippen molar-refractivity contribution >= 4 is 11.7 Å². The molecule has 0 aliphatic heterocycles. The molecule has 0 spiro atoms. The molecule has 1 fully saturated rings. The summed E-state index contributed by atoms with van der Waals surface area (Å²) in [4.78, 5) is 26.3. The van der Waals surface area contributed by atoms with E-state index < -0.39 is 0 Å². The number of hydrogen-bond donors (Lipinski definition) is 1. The number of carbonyl (C=O) groups excluding carboxylic acids is 2. The van der Waals surface area contributed by atoms with Crippen LogP contribution < -0.4 is 5.32 Å². The SMILES string of the molecule is C#CCCC(C)CC(=O)CN(C)CCNC(=O)C(C)(C)C1CC1C. The third-order valence-corrected chi connectivity index (χ3v) is 5.20. The fourth-order valence-corrected chi connectivity index (χ4v) is 3.35. The van der Waals surface area contributed by atoms with E-state index >= 15 is 0 Å². The molecule has 1 aliphatic carbocycles. The summed E-state index contributed by atoms with van der Waals surface area (Å²) in [6.45, 7) is 10.0. The predicted octanol–water partition coefficient (Wildman–Crippen LogP) is 2.73. The van der Waals surface area contributed by atoms with Crippen LogP contribution in [-0.4, -0.2) is 43.3 Å². The molecule has 0 aromatic heterocycles. The fraction of sp³-hybridized carbons (Fsp3) is 0.800. The van der Waals surface area contributed by atoms with E-state index in [9.17, 15) is 9.59 Å². The summed E-state index contributed by atoms with van der Waals surface area (Å²) in [5.41, 5.74) is -0.291. The molecule has 0 bridgehead atoms. The lowest BCUT2D eigenvalue weighted by molar-refractivity contribution is -0.130. The Morgan fingerprint density at radius 1 is 1.42 bits per heavy atom. The van der Waals surface area contributed by atoms with Gasteiger partial charge in [0.05, 0.1) is 6.54 Å². The minimum Gasteiger partial charge on any atom is -0.354 e. The molecule has 0 aromatic carbocycles. The average Bonchev–Trinajstić information content (AvgIpc) is 3.22. The highest BCUT2D eigenvalue weighted by Gasteiger charge is 2.48. The van der Waals surface area contributed by atoms with E-state index in [0.717, 1.165) is 19.3 Å². The zero-order chi connectivity index (χ0) is 18.3. The molecule has 136 valence electrons. The monoisotopic (exact) mass is 334 g/mol. The first kappa shape index (κ1) is 20.7. The van der Waals surface area contributed by atoms with Crippen LogP contribution in [0, 0.1) is 35.5 Å². The molecule has 3 atom stereocenters. The van der Waals surface area contributed by atoms with Crippen molar-refractivity contribution in [2.24, 2.45) is 23.2 Å². The van der Waals surface area contributed by atoms with E-state index in [-0.39, 0.29) is 17.1 Å². The number of rotatable bonds is 11. The number of nitrogens with one attached hydrogen (secondary N) is 1. The largest absolute Gasteiger partial charge is 0.354 e. The maximum Gasteiger partial charge on any atom is 0.225 e. The van der Waals surface area contributed by atoms with Gasteiger partial charge in [-0.05, 0) is 37.6 Å². The minimum absolute atomic E-state index is 0.125. The van der Waals surface area contributed by atoms with Crippen molar-refractivity contribution < 1.29 is 9.59 Å². The van der Waals surface area contributed by atoms with Gasteiger partial charge in [-0.1, -0.05) is 27.7 Å². The third-order valence-electron chi connectivity index (χ3n) is 5.20. The zero-order valence-electron chi connectivity index (χ0n) is 16.0. The van der Waals surface area contributed by atoms with Crippen LogP contribution in [0.2, 0.25) is 0 Å². The summed E-state index contributed by atoms with van der Waals surface area (Å²) >= 11 is 0. The Hall–Kier alpha value is -1.34. The van der Waals surface area contributed by atoms with Crippen molar-refractivity contribution in [1.82, 2.24) is 10.2 Å². The highest BCUT2D eigenvalue weighted by Crippen LogP contribution is 2.50. The first-order chi connectivity index (χ1) is 11.2. The summed E-state index contributed by atoms with van der Waals surface area (Å²) in [6.07, 6.45) is 8.60. The average molecular weight is 335 g/mol. The number of hydrogen-bond acceptors (Lipinski definition) is 3.